The van der Waals surface area contributed by atoms with Crippen LogP contribution in [-0.2, 0) is 15.6 Å². The second-order valence-electron chi connectivity index (χ2n) is 8.80. The second-order valence-corrected chi connectivity index (χ2v) is 8.80. The molecule has 0 aliphatic rings. The van der Waals surface area contributed by atoms with Gasteiger partial charge in [-0.1, -0.05) is 59.7 Å². The van der Waals surface area contributed by atoms with Crippen LogP contribution < -0.4 is 5.32 Å². The molecule has 2 rings (SSSR count). The van der Waals surface area contributed by atoms with Gasteiger partial charge >= 0.3 is 5.97 Å². The predicted octanol–water partition coefficient (Wildman–Crippen LogP) is 5.83. The standard InChI is InChI=1S/C23H29NO3/c1-22(2,3)17-13-16(14-18(21(17)27)23(4,5)6)24-19-10-8-7-9-15(19)11-12-20(25)26/h7-14,24,27H,1-6H3,(H,25,26)/b12-11+. The van der Waals surface area contributed by atoms with Crippen LogP contribution in [-0.4, -0.2) is 16.2 Å². The Morgan fingerprint density at radius 1 is 0.963 bits per heavy atom. The second kappa shape index (κ2) is 7.47. The van der Waals surface area contributed by atoms with E-state index in [4.69, 9.17) is 5.11 Å². The number of phenolic OH excluding ortho intramolecular Hbond substituents is 1. The molecule has 27 heavy (non-hydrogen) atoms. The van der Waals surface area contributed by atoms with E-state index < -0.39 is 5.97 Å². The third kappa shape index (κ3) is 5.13. The lowest BCUT2D eigenvalue weighted by molar-refractivity contribution is -0.131. The number of rotatable bonds is 4. The Bertz CT molecular complexity index is 833. The molecule has 2 aromatic rings. The fourth-order valence-electron chi connectivity index (χ4n) is 2.92. The zero-order valence-corrected chi connectivity index (χ0v) is 16.9. The van der Waals surface area contributed by atoms with E-state index >= 15 is 0 Å². The van der Waals surface area contributed by atoms with Crippen molar-refractivity contribution in [3.63, 3.8) is 0 Å². The Balaban J connectivity index is 2.56. The highest BCUT2D eigenvalue weighted by Crippen LogP contribution is 2.41. The van der Waals surface area contributed by atoms with E-state index in [0.717, 1.165) is 34.1 Å². The minimum atomic E-state index is -0.987. The van der Waals surface area contributed by atoms with Gasteiger partial charge in [0, 0.05) is 28.6 Å². The van der Waals surface area contributed by atoms with Gasteiger partial charge in [-0.15, -0.1) is 0 Å². The van der Waals surface area contributed by atoms with E-state index in [2.05, 4.69) is 46.9 Å². The Morgan fingerprint density at radius 2 is 1.48 bits per heavy atom. The van der Waals surface area contributed by atoms with Crippen LogP contribution in [0.15, 0.2) is 42.5 Å². The third-order valence-corrected chi connectivity index (χ3v) is 4.37. The van der Waals surface area contributed by atoms with Crippen molar-refractivity contribution in [2.24, 2.45) is 0 Å². The smallest absolute Gasteiger partial charge is 0.328 e. The fraction of sp³-hybridized carbons (Fsp3) is 0.348. The van der Waals surface area contributed by atoms with Crippen molar-refractivity contribution in [1.82, 2.24) is 0 Å². The zero-order chi connectivity index (χ0) is 20.4. The topological polar surface area (TPSA) is 69.6 Å². The van der Waals surface area contributed by atoms with Crippen LogP contribution >= 0.6 is 0 Å². The summed E-state index contributed by atoms with van der Waals surface area (Å²) < 4.78 is 0. The summed E-state index contributed by atoms with van der Waals surface area (Å²) in [5, 5.41) is 23.1. The average molecular weight is 367 g/mol. The highest BCUT2D eigenvalue weighted by Gasteiger charge is 2.26. The molecule has 0 atom stereocenters. The maximum atomic E-state index is 10.9. The van der Waals surface area contributed by atoms with Crippen molar-refractivity contribution in [3.05, 3.63) is 59.2 Å². The predicted molar refractivity (Wildman–Crippen MR) is 112 cm³/mol. The summed E-state index contributed by atoms with van der Waals surface area (Å²) in [5.74, 6) is -0.654. The van der Waals surface area contributed by atoms with Gasteiger partial charge in [0.15, 0.2) is 0 Å². The number of para-hydroxylation sites is 1. The Labute approximate surface area is 161 Å². The lowest BCUT2D eigenvalue weighted by atomic mass is 9.79. The first-order valence-electron chi connectivity index (χ1n) is 9.04. The first-order valence-corrected chi connectivity index (χ1v) is 9.04. The van der Waals surface area contributed by atoms with Crippen LogP contribution in [0.25, 0.3) is 6.08 Å². The van der Waals surface area contributed by atoms with E-state index in [1.165, 1.54) is 0 Å². The van der Waals surface area contributed by atoms with Gasteiger partial charge in [-0.2, -0.15) is 0 Å². The maximum Gasteiger partial charge on any atom is 0.328 e. The van der Waals surface area contributed by atoms with Crippen molar-refractivity contribution in [2.45, 2.75) is 52.4 Å². The number of hydrogen-bond donors (Lipinski definition) is 3. The number of aliphatic carboxylic acids is 1. The first-order chi connectivity index (χ1) is 12.4. The summed E-state index contributed by atoms with van der Waals surface area (Å²) in [6, 6.07) is 11.4. The molecule has 3 N–H and O–H groups in total. The number of carboxylic acids is 1. The highest BCUT2D eigenvalue weighted by molar-refractivity contribution is 5.87. The van der Waals surface area contributed by atoms with Gasteiger partial charge in [0.05, 0.1) is 0 Å². The van der Waals surface area contributed by atoms with Crippen LogP contribution in [0.5, 0.6) is 5.75 Å². The van der Waals surface area contributed by atoms with Crippen molar-refractivity contribution in [1.29, 1.82) is 0 Å². The monoisotopic (exact) mass is 367 g/mol. The normalized spacial score (nSPS) is 12.4. The molecule has 0 fully saturated rings. The summed E-state index contributed by atoms with van der Waals surface area (Å²) in [4.78, 5) is 10.9. The number of phenols is 1. The molecule has 0 amide bonds. The third-order valence-electron chi connectivity index (χ3n) is 4.37. The van der Waals surface area contributed by atoms with Crippen molar-refractivity contribution >= 4 is 23.4 Å². The summed E-state index contributed by atoms with van der Waals surface area (Å²) in [6.45, 7) is 12.4. The first kappa shape index (κ1) is 20.6. The van der Waals surface area contributed by atoms with E-state index in [9.17, 15) is 9.90 Å². The van der Waals surface area contributed by atoms with Crippen molar-refractivity contribution in [3.8, 4) is 5.75 Å². The van der Waals surface area contributed by atoms with Crippen molar-refractivity contribution < 1.29 is 15.0 Å². The molecule has 0 saturated carbocycles. The molecule has 0 saturated heterocycles. The largest absolute Gasteiger partial charge is 0.507 e. The zero-order valence-electron chi connectivity index (χ0n) is 16.9. The fourth-order valence-corrected chi connectivity index (χ4v) is 2.92. The van der Waals surface area contributed by atoms with Crippen LogP contribution in [0.3, 0.4) is 0 Å². The van der Waals surface area contributed by atoms with E-state index in [1.807, 2.05) is 36.4 Å². The Morgan fingerprint density at radius 3 is 1.96 bits per heavy atom. The SMILES string of the molecule is CC(C)(C)c1cc(Nc2ccccc2/C=C/C(=O)O)cc(C(C)(C)C)c1O. The van der Waals surface area contributed by atoms with Crippen molar-refractivity contribution in [2.75, 3.05) is 5.32 Å². The van der Waals surface area contributed by atoms with Gasteiger partial charge < -0.3 is 15.5 Å². The Hall–Kier alpha value is -2.75. The number of aromatic hydroxyl groups is 1. The van der Waals surface area contributed by atoms with Gasteiger partial charge in [0.25, 0.3) is 0 Å². The lowest BCUT2D eigenvalue weighted by Gasteiger charge is -2.28. The molecule has 0 aromatic heterocycles. The van der Waals surface area contributed by atoms with E-state index in [-0.39, 0.29) is 10.8 Å². The molecule has 4 nitrogen and oxygen atoms in total. The number of carbonyl (C=O) groups is 1. The van der Waals surface area contributed by atoms with Crippen LogP contribution in [0, 0.1) is 0 Å². The highest BCUT2D eigenvalue weighted by atomic mass is 16.4. The molecule has 0 bridgehead atoms. The van der Waals surface area contributed by atoms with E-state index in [1.54, 1.807) is 6.08 Å². The molecule has 0 radical (unpaired) electrons. The number of benzene rings is 2. The summed E-state index contributed by atoms with van der Waals surface area (Å²) in [7, 11) is 0. The van der Waals surface area contributed by atoms with Gasteiger partial charge in [-0.3, -0.25) is 0 Å². The molecular weight excluding hydrogens is 338 g/mol. The van der Waals surface area contributed by atoms with Gasteiger partial charge in [0.2, 0.25) is 0 Å². The molecule has 4 heteroatoms. The summed E-state index contributed by atoms with van der Waals surface area (Å²) in [5.41, 5.74) is 3.75. The lowest BCUT2D eigenvalue weighted by Crippen LogP contribution is -2.17. The minimum absolute atomic E-state index is 0.218. The molecule has 0 heterocycles. The van der Waals surface area contributed by atoms with Crippen LogP contribution in [0.2, 0.25) is 0 Å². The number of hydrogen-bond acceptors (Lipinski definition) is 3. The van der Waals surface area contributed by atoms with Crippen LogP contribution in [0.4, 0.5) is 11.4 Å². The number of nitrogens with one attached hydrogen (secondary N) is 1. The molecule has 0 aliphatic carbocycles. The molecule has 0 spiro atoms. The molecular formula is C23H29NO3. The molecule has 0 aliphatic heterocycles. The molecule has 2 aromatic carbocycles. The number of anilines is 2. The minimum Gasteiger partial charge on any atom is -0.507 e. The van der Waals surface area contributed by atoms with Gasteiger partial charge in [0.1, 0.15) is 5.75 Å². The Kier molecular flexibility index (Phi) is 5.69. The van der Waals surface area contributed by atoms with E-state index in [0.29, 0.717) is 5.75 Å². The van der Waals surface area contributed by atoms with Crippen LogP contribution in [0.1, 0.15) is 58.2 Å². The molecule has 0 unspecified atom stereocenters. The number of carboxylic acid groups (broad SMARTS) is 1. The molecule has 144 valence electrons. The average Bonchev–Trinajstić information content (AvgIpc) is 2.53. The van der Waals surface area contributed by atoms with Gasteiger partial charge in [-0.25, -0.2) is 4.79 Å². The van der Waals surface area contributed by atoms with Gasteiger partial charge in [-0.05, 0) is 40.7 Å². The maximum absolute atomic E-state index is 10.9. The quantitative estimate of drug-likeness (QED) is 0.470. The summed E-state index contributed by atoms with van der Waals surface area (Å²) in [6.07, 6.45) is 2.69. The summed E-state index contributed by atoms with van der Waals surface area (Å²) >= 11 is 0.